The molecule has 41 heavy (non-hydrogen) atoms. The van der Waals surface area contributed by atoms with Crippen molar-refractivity contribution in [1.82, 2.24) is 0 Å². The summed E-state index contributed by atoms with van der Waals surface area (Å²) in [5.41, 5.74) is 11.8. The standard InChI is InChI=1S/C40H40O/c1-6-26-16-18-28(19-17-26)31-21-33-32(20-30(31)27-12-8-7-9-13-27)36(41)22-35-37(33)29-14-10-11-15-34(29)40(35)24-38(2,3)23-39(4,5)25-40/h7-22,41H,6,23-25H2,1-5H3. The van der Waals surface area contributed by atoms with Gasteiger partial charge in [0.05, 0.1) is 0 Å². The van der Waals surface area contributed by atoms with Crippen LogP contribution in [-0.2, 0) is 11.8 Å². The number of aromatic hydroxyl groups is 1. The zero-order valence-corrected chi connectivity index (χ0v) is 25.0. The lowest BCUT2D eigenvalue weighted by molar-refractivity contribution is 0.0645. The highest BCUT2D eigenvalue weighted by molar-refractivity contribution is 6.09. The normalized spacial score (nSPS) is 17.9. The minimum atomic E-state index is -0.107. The summed E-state index contributed by atoms with van der Waals surface area (Å²) in [6, 6.07) is 35.4. The third-order valence-corrected chi connectivity index (χ3v) is 9.76. The van der Waals surface area contributed by atoms with Crippen LogP contribution in [0.3, 0.4) is 0 Å². The van der Waals surface area contributed by atoms with Gasteiger partial charge in [-0.2, -0.15) is 0 Å². The largest absolute Gasteiger partial charge is 0.507 e. The molecule has 0 heterocycles. The predicted octanol–water partition coefficient (Wildman–Crippen LogP) is 10.9. The summed E-state index contributed by atoms with van der Waals surface area (Å²) in [5.74, 6) is 0.386. The summed E-state index contributed by atoms with van der Waals surface area (Å²) >= 11 is 0. The van der Waals surface area contributed by atoms with Crippen LogP contribution in [0.1, 0.15) is 70.6 Å². The van der Waals surface area contributed by atoms with E-state index in [0.717, 1.165) is 41.2 Å². The van der Waals surface area contributed by atoms with Gasteiger partial charge in [-0.25, -0.2) is 0 Å². The highest BCUT2D eigenvalue weighted by Crippen LogP contribution is 2.65. The fourth-order valence-corrected chi connectivity index (χ4v) is 8.89. The molecule has 5 aromatic rings. The Labute approximate surface area is 244 Å². The van der Waals surface area contributed by atoms with Crippen molar-refractivity contribution >= 4 is 10.8 Å². The van der Waals surface area contributed by atoms with Crippen LogP contribution < -0.4 is 0 Å². The number of phenolic OH excluding ortho intramolecular Hbond substituents is 1. The molecule has 0 aliphatic heterocycles. The molecule has 1 spiro atoms. The first-order chi connectivity index (χ1) is 19.6. The Hall–Kier alpha value is -3.84. The van der Waals surface area contributed by atoms with Gasteiger partial charge in [-0.15, -0.1) is 0 Å². The van der Waals surface area contributed by atoms with Gasteiger partial charge in [0.15, 0.2) is 0 Å². The molecule has 206 valence electrons. The second-order valence-electron chi connectivity index (χ2n) is 14.2. The van der Waals surface area contributed by atoms with Gasteiger partial charge in [-0.3, -0.25) is 0 Å². The van der Waals surface area contributed by atoms with Crippen LogP contribution in [0.2, 0.25) is 0 Å². The Kier molecular flexibility index (Phi) is 5.78. The molecular weight excluding hydrogens is 496 g/mol. The molecule has 0 unspecified atom stereocenters. The average molecular weight is 537 g/mol. The van der Waals surface area contributed by atoms with Gasteiger partial charge in [0, 0.05) is 10.8 Å². The highest BCUT2D eigenvalue weighted by Gasteiger charge is 2.53. The number of benzene rings is 5. The van der Waals surface area contributed by atoms with Gasteiger partial charge in [0.2, 0.25) is 0 Å². The van der Waals surface area contributed by atoms with E-state index in [0.29, 0.717) is 5.75 Å². The third-order valence-electron chi connectivity index (χ3n) is 9.76. The van der Waals surface area contributed by atoms with E-state index in [1.54, 1.807) is 0 Å². The second-order valence-corrected chi connectivity index (χ2v) is 14.2. The van der Waals surface area contributed by atoms with Crippen LogP contribution in [0.4, 0.5) is 0 Å². The van der Waals surface area contributed by atoms with Crippen molar-refractivity contribution in [3.05, 3.63) is 114 Å². The summed E-state index contributed by atoms with van der Waals surface area (Å²) in [4.78, 5) is 0. The zero-order chi connectivity index (χ0) is 28.6. The summed E-state index contributed by atoms with van der Waals surface area (Å²) < 4.78 is 0. The van der Waals surface area contributed by atoms with Gasteiger partial charge in [0.1, 0.15) is 5.75 Å². The smallest absolute Gasteiger partial charge is 0.123 e. The first-order valence-electron chi connectivity index (χ1n) is 15.2. The SMILES string of the molecule is CCc1ccc(-c2cc3c4c(cc(O)c3cc2-c2ccccc2)C2(CC(C)(C)CC(C)(C)C2)c2ccccc2-4)cc1. The highest BCUT2D eigenvalue weighted by atomic mass is 16.3. The van der Waals surface area contributed by atoms with Crippen molar-refractivity contribution < 1.29 is 5.11 Å². The quantitative estimate of drug-likeness (QED) is 0.243. The van der Waals surface area contributed by atoms with Crippen molar-refractivity contribution in [2.45, 2.75) is 65.7 Å². The van der Waals surface area contributed by atoms with Crippen molar-refractivity contribution in [3.63, 3.8) is 0 Å². The topological polar surface area (TPSA) is 20.2 Å². The number of hydrogen-bond acceptors (Lipinski definition) is 1. The van der Waals surface area contributed by atoms with E-state index < -0.39 is 0 Å². The fourth-order valence-electron chi connectivity index (χ4n) is 8.89. The van der Waals surface area contributed by atoms with E-state index in [2.05, 4.69) is 132 Å². The zero-order valence-electron chi connectivity index (χ0n) is 25.0. The van der Waals surface area contributed by atoms with Gasteiger partial charge in [-0.1, -0.05) is 113 Å². The van der Waals surface area contributed by atoms with E-state index in [-0.39, 0.29) is 16.2 Å². The maximum absolute atomic E-state index is 11.8. The lowest BCUT2D eigenvalue weighted by Gasteiger charge is -2.51. The first kappa shape index (κ1) is 26.1. The van der Waals surface area contributed by atoms with E-state index in [9.17, 15) is 5.11 Å². The Morgan fingerprint density at radius 2 is 1.17 bits per heavy atom. The second kappa shape index (κ2) is 9.08. The fraction of sp³-hybridized carbons (Fsp3) is 0.300. The van der Waals surface area contributed by atoms with Crippen molar-refractivity contribution in [2.24, 2.45) is 10.8 Å². The molecule has 0 radical (unpaired) electrons. The number of hydrogen-bond donors (Lipinski definition) is 1. The van der Waals surface area contributed by atoms with Gasteiger partial charge >= 0.3 is 0 Å². The molecule has 0 atom stereocenters. The lowest BCUT2D eigenvalue weighted by atomic mass is 9.52. The number of aryl methyl sites for hydroxylation is 1. The molecule has 0 bridgehead atoms. The van der Waals surface area contributed by atoms with Crippen LogP contribution in [0.25, 0.3) is 44.2 Å². The average Bonchev–Trinajstić information content (AvgIpc) is 3.19. The molecular formula is C40H40O. The van der Waals surface area contributed by atoms with Gasteiger partial charge < -0.3 is 5.11 Å². The first-order valence-corrected chi connectivity index (χ1v) is 15.2. The summed E-state index contributed by atoms with van der Waals surface area (Å²) in [6.07, 6.45) is 4.41. The molecule has 1 nitrogen and oxygen atoms in total. The summed E-state index contributed by atoms with van der Waals surface area (Å²) in [6.45, 7) is 11.9. The molecule has 2 aliphatic rings. The Balaban J connectivity index is 1.57. The van der Waals surface area contributed by atoms with Crippen molar-refractivity contribution in [1.29, 1.82) is 0 Å². The number of phenols is 1. The van der Waals surface area contributed by atoms with Gasteiger partial charge in [-0.05, 0) is 110 Å². The molecule has 1 fully saturated rings. The van der Waals surface area contributed by atoms with Crippen LogP contribution in [0.5, 0.6) is 5.75 Å². The molecule has 7 rings (SSSR count). The molecule has 0 saturated heterocycles. The lowest BCUT2D eigenvalue weighted by Crippen LogP contribution is -2.43. The van der Waals surface area contributed by atoms with E-state index >= 15 is 0 Å². The predicted molar refractivity (Wildman–Crippen MR) is 173 cm³/mol. The maximum atomic E-state index is 11.8. The molecule has 0 amide bonds. The molecule has 2 aliphatic carbocycles. The van der Waals surface area contributed by atoms with E-state index in [4.69, 9.17) is 0 Å². The van der Waals surface area contributed by atoms with Crippen LogP contribution in [0.15, 0.2) is 97.1 Å². The van der Waals surface area contributed by atoms with E-state index in [1.165, 1.54) is 45.4 Å². The van der Waals surface area contributed by atoms with E-state index in [1.807, 2.05) is 0 Å². The molecule has 5 aromatic carbocycles. The minimum absolute atomic E-state index is 0.107. The summed E-state index contributed by atoms with van der Waals surface area (Å²) in [5, 5.41) is 13.9. The third kappa shape index (κ3) is 4.12. The van der Waals surface area contributed by atoms with Crippen LogP contribution >= 0.6 is 0 Å². The molecule has 1 saturated carbocycles. The molecule has 1 N–H and O–H groups in total. The Bertz CT molecular complexity index is 1770. The number of rotatable bonds is 3. The maximum Gasteiger partial charge on any atom is 0.123 e. The van der Waals surface area contributed by atoms with Crippen molar-refractivity contribution in [2.75, 3.05) is 0 Å². The Morgan fingerprint density at radius 1 is 0.585 bits per heavy atom. The van der Waals surface area contributed by atoms with Gasteiger partial charge in [0.25, 0.3) is 0 Å². The van der Waals surface area contributed by atoms with Crippen LogP contribution in [-0.4, -0.2) is 5.11 Å². The Morgan fingerprint density at radius 3 is 1.83 bits per heavy atom. The monoisotopic (exact) mass is 536 g/mol. The summed E-state index contributed by atoms with van der Waals surface area (Å²) in [7, 11) is 0. The molecule has 1 heteroatoms. The van der Waals surface area contributed by atoms with Crippen molar-refractivity contribution in [3.8, 4) is 39.1 Å². The number of fused-ring (bicyclic) bond motifs is 7. The molecule has 0 aromatic heterocycles. The minimum Gasteiger partial charge on any atom is -0.507 e. The van der Waals surface area contributed by atoms with Crippen LogP contribution in [0, 0.1) is 10.8 Å².